The first-order valence-corrected chi connectivity index (χ1v) is 9.79. The molecule has 0 saturated carbocycles. The maximum Gasteiger partial charge on any atom is 0.325 e. The zero-order valence-electron chi connectivity index (χ0n) is 12.9. The Morgan fingerprint density at radius 3 is 2.67 bits per heavy atom. The Kier molecular flexibility index (Phi) is 3.27. The highest BCUT2D eigenvalue weighted by Crippen LogP contribution is 2.41. The summed E-state index contributed by atoms with van der Waals surface area (Å²) in [4.78, 5) is 26.6. The van der Waals surface area contributed by atoms with Gasteiger partial charge in [-0.15, -0.1) is 0 Å². The number of fused-ring (bicyclic) bond motifs is 2. The number of sulfone groups is 1. The molecular formula is C16H18N2O5S. The van der Waals surface area contributed by atoms with Crippen LogP contribution in [-0.2, 0) is 26.6 Å². The quantitative estimate of drug-likeness (QED) is 0.690. The van der Waals surface area contributed by atoms with Gasteiger partial charge in [0.2, 0.25) is 0 Å². The van der Waals surface area contributed by atoms with Gasteiger partial charge in [0.1, 0.15) is 5.54 Å². The average molecular weight is 350 g/mol. The van der Waals surface area contributed by atoms with E-state index in [1.165, 1.54) is 0 Å². The molecule has 0 radical (unpaired) electrons. The molecule has 3 amide bonds. The largest absolute Gasteiger partial charge is 0.390 e. The Bertz CT molecular complexity index is 837. The number of amides is 3. The predicted molar refractivity (Wildman–Crippen MR) is 84.9 cm³/mol. The Hall–Kier alpha value is -1.93. The fourth-order valence-corrected chi connectivity index (χ4v) is 5.91. The van der Waals surface area contributed by atoms with E-state index in [-0.39, 0.29) is 5.75 Å². The molecule has 2 N–H and O–H groups in total. The molecule has 7 nitrogen and oxygen atoms in total. The van der Waals surface area contributed by atoms with Crippen LogP contribution >= 0.6 is 0 Å². The number of carbonyl (C=O) groups excluding carboxylic acids is 2. The second-order valence-corrected chi connectivity index (χ2v) is 8.89. The van der Waals surface area contributed by atoms with Crippen molar-refractivity contribution in [2.45, 2.75) is 36.9 Å². The number of hydrogen-bond donors (Lipinski definition) is 2. The van der Waals surface area contributed by atoms with Crippen molar-refractivity contribution in [1.82, 2.24) is 10.2 Å². The number of benzene rings is 1. The Morgan fingerprint density at radius 2 is 1.96 bits per heavy atom. The molecule has 0 unspecified atom stereocenters. The number of aryl methyl sites for hydroxylation is 1. The molecule has 24 heavy (non-hydrogen) atoms. The van der Waals surface area contributed by atoms with Gasteiger partial charge in [-0.25, -0.2) is 13.2 Å². The lowest BCUT2D eigenvalue weighted by Gasteiger charge is -2.34. The van der Waals surface area contributed by atoms with Crippen LogP contribution in [0.1, 0.15) is 24.0 Å². The highest BCUT2D eigenvalue weighted by molar-refractivity contribution is 7.91. The standard InChI is InChI=1S/C16H18N2O5S/c19-13-9-24(22,23)8-12(13)18-14(20)16(17-15(18)21)7-3-5-10-4-1-2-6-11(10)16/h1-2,4,6,12-13,19H,3,5,7-9H2,(H,17,21)/t12-,13-,16+/m0/s1. The fraction of sp³-hybridized carbons (Fsp3) is 0.500. The number of imide groups is 1. The number of carbonyl (C=O) groups is 2. The third kappa shape index (κ3) is 2.09. The summed E-state index contributed by atoms with van der Waals surface area (Å²) in [5.74, 6) is -1.26. The summed E-state index contributed by atoms with van der Waals surface area (Å²) in [6, 6.07) is 5.84. The van der Waals surface area contributed by atoms with Crippen molar-refractivity contribution in [1.29, 1.82) is 0 Å². The van der Waals surface area contributed by atoms with Crippen LogP contribution in [0.15, 0.2) is 24.3 Å². The monoisotopic (exact) mass is 350 g/mol. The smallest absolute Gasteiger partial charge is 0.325 e. The molecule has 1 aliphatic carbocycles. The van der Waals surface area contributed by atoms with E-state index < -0.39 is 45.2 Å². The average Bonchev–Trinajstić information content (AvgIpc) is 2.93. The Morgan fingerprint density at radius 1 is 1.21 bits per heavy atom. The zero-order chi connectivity index (χ0) is 17.1. The summed E-state index contributed by atoms with van der Waals surface area (Å²) in [5, 5.41) is 12.8. The van der Waals surface area contributed by atoms with E-state index in [0.717, 1.165) is 28.9 Å². The van der Waals surface area contributed by atoms with E-state index in [1.54, 1.807) is 0 Å². The maximum atomic E-state index is 13.1. The normalized spacial score (nSPS) is 34.5. The van der Waals surface area contributed by atoms with Crippen LogP contribution in [0, 0.1) is 0 Å². The number of aliphatic hydroxyl groups excluding tert-OH is 1. The molecule has 0 bridgehead atoms. The first-order valence-electron chi connectivity index (χ1n) is 7.97. The van der Waals surface area contributed by atoms with E-state index in [9.17, 15) is 23.1 Å². The maximum absolute atomic E-state index is 13.1. The van der Waals surface area contributed by atoms with E-state index in [1.807, 2.05) is 24.3 Å². The Labute approximate surface area is 139 Å². The Balaban J connectivity index is 1.76. The van der Waals surface area contributed by atoms with Crippen LogP contribution in [0.25, 0.3) is 0 Å². The molecule has 3 atom stereocenters. The number of urea groups is 1. The summed E-state index contributed by atoms with van der Waals surface area (Å²) in [5.41, 5.74) is 0.643. The first kappa shape index (κ1) is 15.6. The summed E-state index contributed by atoms with van der Waals surface area (Å²) >= 11 is 0. The highest BCUT2D eigenvalue weighted by Gasteiger charge is 2.58. The molecule has 2 heterocycles. The van der Waals surface area contributed by atoms with Crippen LogP contribution < -0.4 is 5.32 Å². The molecule has 2 saturated heterocycles. The molecule has 1 aromatic carbocycles. The zero-order valence-corrected chi connectivity index (χ0v) is 13.8. The van der Waals surface area contributed by atoms with Crippen LogP contribution in [0.5, 0.6) is 0 Å². The van der Waals surface area contributed by atoms with Gasteiger partial charge < -0.3 is 10.4 Å². The topological polar surface area (TPSA) is 104 Å². The van der Waals surface area contributed by atoms with Gasteiger partial charge >= 0.3 is 6.03 Å². The number of rotatable bonds is 1. The summed E-state index contributed by atoms with van der Waals surface area (Å²) in [7, 11) is -3.46. The van der Waals surface area contributed by atoms with Gasteiger partial charge in [0.15, 0.2) is 9.84 Å². The third-order valence-corrected chi connectivity index (χ3v) is 6.92. The van der Waals surface area contributed by atoms with Gasteiger partial charge in [0.25, 0.3) is 5.91 Å². The minimum Gasteiger partial charge on any atom is -0.390 e. The van der Waals surface area contributed by atoms with E-state index in [0.29, 0.717) is 6.42 Å². The second kappa shape index (κ2) is 5.03. The molecule has 1 aromatic rings. The van der Waals surface area contributed by atoms with Gasteiger partial charge in [-0.3, -0.25) is 9.69 Å². The highest BCUT2D eigenvalue weighted by atomic mass is 32.2. The molecule has 2 aliphatic heterocycles. The molecular weight excluding hydrogens is 332 g/mol. The van der Waals surface area contributed by atoms with E-state index >= 15 is 0 Å². The van der Waals surface area contributed by atoms with E-state index in [2.05, 4.69) is 5.32 Å². The van der Waals surface area contributed by atoms with Crippen molar-refractivity contribution in [2.24, 2.45) is 0 Å². The van der Waals surface area contributed by atoms with Crippen molar-refractivity contribution in [3.05, 3.63) is 35.4 Å². The number of nitrogens with one attached hydrogen (secondary N) is 1. The van der Waals surface area contributed by atoms with Gasteiger partial charge in [0, 0.05) is 0 Å². The first-order chi connectivity index (χ1) is 11.3. The van der Waals surface area contributed by atoms with Crippen molar-refractivity contribution in [3.8, 4) is 0 Å². The lowest BCUT2D eigenvalue weighted by atomic mass is 9.76. The molecule has 8 heteroatoms. The van der Waals surface area contributed by atoms with Crippen LogP contribution in [0.2, 0.25) is 0 Å². The van der Waals surface area contributed by atoms with Crippen molar-refractivity contribution in [2.75, 3.05) is 11.5 Å². The van der Waals surface area contributed by atoms with Crippen molar-refractivity contribution < 1.29 is 23.1 Å². The lowest BCUT2D eigenvalue weighted by molar-refractivity contribution is -0.134. The number of hydrogen-bond acceptors (Lipinski definition) is 5. The summed E-state index contributed by atoms with van der Waals surface area (Å²) in [6.45, 7) is 0. The molecule has 3 aliphatic rings. The molecule has 0 aromatic heterocycles. The number of nitrogens with zero attached hydrogens (tertiary/aromatic N) is 1. The second-order valence-electron chi connectivity index (χ2n) is 6.73. The molecule has 1 spiro atoms. The SMILES string of the molecule is O=C1N[C@@]2(CCCc3ccccc32)C(=O)N1[C@H]1CS(=O)(=O)C[C@@H]1O. The van der Waals surface area contributed by atoms with Crippen molar-refractivity contribution in [3.63, 3.8) is 0 Å². The third-order valence-electron chi connectivity index (χ3n) is 5.22. The summed E-state index contributed by atoms with van der Waals surface area (Å²) < 4.78 is 23.5. The lowest BCUT2D eigenvalue weighted by Crippen LogP contribution is -2.49. The molecule has 128 valence electrons. The van der Waals surface area contributed by atoms with Gasteiger partial charge in [-0.1, -0.05) is 24.3 Å². The van der Waals surface area contributed by atoms with E-state index in [4.69, 9.17) is 0 Å². The summed E-state index contributed by atoms with van der Waals surface area (Å²) in [6.07, 6.45) is 0.823. The minimum atomic E-state index is -3.46. The molecule has 2 fully saturated rings. The van der Waals surface area contributed by atoms with Crippen LogP contribution in [0.4, 0.5) is 4.79 Å². The van der Waals surface area contributed by atoms with Gasteiger partial charge in [-0.2, -0.15) is 0 Å². The van der Waals surface area contributed by atoms with Crippen LogP contribution in [0.3, 0.4) is 0 Å². The predicted octanol–water partition coefficient (Wildman–Crippen LogP) is -0.0721. The van der Waals surface area contributed by atoms with Gasteiger partial charge in [-0.05, 0) is 30.4 Å². The fourth-order valence-electron chi connectivity index (χ4n) is 4.14. The van der Waals surface area contributed by atoms with Crippen LogP contribution in [-0.4, -0.2) is 54.0 Å². The minimum absolute atomic E-state index is 0.384. The molecule has 4 rings (SSSR count). The number of aliphatic hydroxyl groups is 1. The van der Waals surface area contributed by atoms with Gasteiger partial charge in [0.05, 0.1) is 23.7 Å². The van der Waals surface area contributed by atoms with Crippen molar-refractivity contribution >= 4 is 21.8 Å².